The fraction of sp³-hybridized carbons (Fsp3) is 0.500. The van der Waals surface area contributed by atoms with E-state index in [4.69, 9.17) is 22.1 Å². The molecule has 2 N–H and O–H groups in total. The van der Waals surface area contributed by atoms with Crippen molar-refractivity contribution in [3.63, 3.8) is 0 Å². The third-order valence-corrected chi connectivity index (χ3v) is 3.32. The van der Waals surface area contributed by atoms with Gasteiger partial charge in [0.15, 0.2) is 0 Å². The van der Waals surface area contributed by atoms with Crippen molar-refractivity contribution in [1.82, 2.24) is 4.98 Å². The van der Waals surface area contributed by atoms with Crippen LogP contribution in [0.4, 0.5) is 0 Å². The maximum Gasteiger partial charge on any atom is 0.142 e. The second-order valence-electron chi connectivity index (χ2n) is 3.97. The Bertz CT molecular complexity index is 390. The van der Waals surface area contributed by atoms with Crippen molar-refractivity contribution in [3.8, 4) is 5.75 Å². The summed E-state index contributed by atoms with van der Waals surface area (Å²) < 4.78 is 5.86. The third-order valence-electron chi connectivity index (χ3n) is 3.11. The molecule has 3 rings (SSSR count). The average molecular weight is 211 g/mol. The molecular formula is C10H11ClN2O. The molecule has 14 heavy (non-hydrogen) atoms. The first-order chi connectivity index (χ1) is 6.75. The molecule has 1 spiro atoms. The summed E-state index contributed by atoms with van der Waals surface area (Å²) in [4.78, 5) is 4.30. The second-order valence-corrected chi connectivity index (χ2v) is 4.36. The van der Waals surface area contributed by atoms with Gasteiger partial charge in [-0.2, -0.15) is 0 Å². The molecule has 1 saturated carbocycles. The van der Waals surface area contributed by atoms with Gasteiger partial charge in [-0.3, -0.25) is 0 Å². The molecule has 3 nitrogen and oxygen atoms in total. The number of nitrogens with zero attached hydrogens (tertiary/aromatic N) is 1. The van der Waals surface area contributed by atoms with E-state index in [2.05, 4.69) is 4.98 Å². The third kappa shape index (κ3) is 0.996. The monoisotopic (exact) mass is 210 g/mol. The lowest BCUT2D eigenvalue weighted by Gasteiger charge is -2.14. The lowest BCUT2D eigenvalue weighted by molar-refractivity contribution is 0.184. The van der Waals surface area contributed by atoms with E-state index in [-0.39, 0.29) is 11.5 Å². The van der Waals surface area contributed by atoms with Crippen molar-refractivity contribution in [1.29, 1.82) is 0 Å². The van der Waals surface area contributed by atoms with E-state index in [0.717, 1.165) is 24.3 Å². The summed E-state index contributed by atoms with van der Waals surface area (Å²) in [6, 6.07) is 3.65. The molecule has 0 radical (unpaired) electrons. The Balaban J connectivity index is 2.09. The standard InChI is InChI=1S/C10H11ClN2O/c11-8-2-1-7-9(13-8)6(5-12)10(14-7)3-4-10/h1-2,6H,3-5,12H2. The number of pyridine rings is 1. The van der Waals surface area contributed by atoms with E-state index in [9.17, 15) is 0 Å². The summed E-state index contributed by atoms with van der Waals surface area (Å²) in [5, 5.41) is 0.517. The minimum absolute atomic E-state index is 0.0330. The van der Waals surface area contributed by atoms with E-state index in [1.807, 2.05) is 6.07 Å². The molecular weight excluding hydrogens is 200 g/mol. The zero-order valence-electron chi connectivity index (χ0n) is 7.66. The first-order valence-corrected chi connectivity index (χ1v) is 5.18. The number of hydrogen-bond donors (Lipinski definition) is 1. The lowest BCUT2D eigenvalue weighted by Crippen LogP contribution is -2.27. The Hall–Kier alpha value is -0.800. The van der Waals surface area contributed by atoms with Crippen LogP contribution < -0.4 is 10.5 Å². The van der Waals surface area contributed by atoms with Crippen molar-refractivity contribution >= 4 is 11.6 Å². The van der Waals surface area contributed by atoms with Crippen molar-refractivity contribution in [2.45, 2.75) is 24.4 Å². The minimum atomic E-state index is -0.0330. The summed E-state index contributed by atoms with van der Waals surface area (Å²) in [6.45, 7) is 0.584. The molecule has 0 amide bonds. The Kier molecular flexibility index (Phi) is 1.59. The molecule has 1 unspecified atom stereocenters. The normalized spacial score (nSPS) is 26.0. The van der Waals surface area contributed by atoms with Gasteiger partial charge in [-0.1, -0.05) is 11.6 Å². The highest BCUT2D eigenvalue weighted by Gasteiger charge is 2.57. The Morgan fingerprint density at radius 3 is 3.00 bits per heavy atom. The molecule has 74 valence electrons. The van der Waals surface area contributed by atoms with Crippen LogP contribution in [0.5, 0.6) is 5.75 Å². The van der Waals surface area contributed by atoms with E-state index < -0.39 is 0 Å². The van der Waals surface area contributed by atoms with Crippen LogP contribution in [-0.2, 0) is 0 Å². The molecule has 2 aliphatic rings. The van der Waals surface area contributed by atoms with Crippen LogP contribution in [0.1, 0.15) is 24.5 Å². The molecule has 1 aromatic rings. The van der Waals surface area contributed by atoms with E-state index >= 15 is 0 Å². The fourth-order valence-electron chi connectivity index (χ4n) is 2.21. The van der Waals surface area contributed by atoms with Crippen LogP contribution in [0.15, 0.2) is 12.1 Å². The molecule has 0 aromatic carbocycles. The van der Waals surface area contributed by atoms with E-state index in [0.29, 0.717) is 11.7 Å². The summed E-state index contributed by atoms with van der Waals surface area (Å²) in [6.07, 6.45) is 2.17. The number of hydrogen-bond acceptors (Lipinski definition) is 3. The molecule has 1 aliphatic carbocycles. The number of fused-ring (bicyclic) bond motifs is 1. The minimum Gasteiger partial charge on any atom is -0.485 e. The van der Waals surface area contributed by atoms with Gasteiger partial charge >= 0.3 is 0 Å². The van der Waals surface area contributed by atoms with Crippen molar-refractivity contribution < 1.29 is 4.74 Å². The molecule has 4 heteroatoms. The van der Waals surface area contributed by atoms with Gasteiger partial charge < -0.3 is 10.5 Å². The second kappa shape index (κ2) is 2.61. The molecule has 1 fully saturated rings. The highest BCUT2D eigenvalue weighted by molar-refractivity contribution is 6.29. The highest BCUT2D eigenvalue weighted by Crippen LogP contribution is 2.56. The van der Waals surface area contributed by atoms with Crippen LogP contribution in [0.2, 0.25) is 5.15 Å². The van der Waals surface area contributed by atoms with E-state index in [1.54, 1.807) is 6.07 Å². The van der Waals surface area contributed by atoms with Gasteiger partial charge in [0.1, 0.15) is 16.5 Å². The predicted octanol–water partition coefficient (Wildman–Crippen LogP) is 1.70. The molecule has 0 saturated heterocycles. The summed E-state index contributed by atoms with van der Waals surface area (Å²) in [5.41, 5.74) is 6.66. The van der Waals surface area contributed by atoms with Crippen LogP contribution in [-0.4, -0.2) is 17.1 Å². The largest absolute Gasteiger partial charge is 0.485 e. The highest BCUT2D eigenvalue weighted by atomic mass is 35.5. The van der Waals surface area contributed by atoms with Gasteiger partial charge in [0.05, 0.1) is 11.6 Å². The van der Waals surface area contributed by atoms with Crippen LogP contribution in [0.3, 0.4) is 0 Å². The maximum atomic E-state index is 5.86. The number of aromatic nitrogens is 1. The van der Waals surface area contributed by atoms with E-state index in [1.165, 1.54) is 0 Å². The van der Waals surface area contributed by atoms with Crippen molar-refractivity contribution in [2.24, 2.45) is 5.73 Å². The van der Waals surface area contributed by atoms with Gasteiger partial charge in [0.25, 0.3) is 0 Å². The first kappa shape index (κ1) is 8.50. The van der Waals surface area contributed by atoms with Gasteiger partial charge in [-0.05, 0) is 25.0 Å². The zero-order valence-corrected chi connectivity index (χ0v) is 8.42. The van der Waals surface area contributed by atoms with Gasteiger partial charge in [0, 0.05) is 6.54 Å². The number of halogens is 1. The zero-order chi connectivity index (χ0) is 9.76. The fourth-order valence-corrected chi connectivity index (χ4v) is 2.37. The van der Waals surface area contributed by atoms with Crippen LogP contribution in [0.25, 0.3) is 0 Å². The quantitative estimate of drug-likeness (QED) is 0.718. The molecule has 1 aliphatic heterocycles. The Morgan fingerprint density at radius 1 is 1.57 bits per heavy atom. The van der Waals surface area contributed by atoms with Crippen LogP contribution in [0, 0.1) is 0 Å². The average Bonchev–Trinajstić information content (AvgIpc) is 2.83. The van der Waals surface area contributed by atoms with Crippen molar-refractivity contribution in [2.75, 3.05) is 6.54 Å². The topological polar surface area (TPSA) is 48.1 Å². The Labute approximate surface area is 87.2 Å². The van der Waals surface area contributed by atoms with Gasteiger partial charge in [0.2, 0.25) is 0 Å². The molecule has 0 bridgehead atoms. The van der Waals surface area contributed by atoms with Crippen LogP contribution >= 0.6 is 11.6 Å². The number of nitrogens with two attached hydrogens (primary N) is 1. The van der Waals surface area contributed by atoms with Crippen molar-refractivity contribution in [3.05, 3.63) is 23.0 Å². The number of rotatable bonds is 1. The number of ether oxygens (including phenoxy) is 1. The SMILES string of the molecule is NCC1c2nc(Cl)ccc2OC12CC2. The smallest absolute Gasteiger partial charge is 0.142 e. The molecule has 2 heterocycles. The molecule has 1 atom stereocenters. The lowest BCUT2D eigenvalue weighted by atomic mass is 9.98. The maximum absolute atomic E-state index is 5.86. The summed E-state index contributed by atoms with van der Waals surface area (Å²) in [5.74, 6) is 1.10. The van der Waals surface area contributed by atoms with Gasteiger partial charge in [-0.25, -0.2) is 4.98 Å². The molecule has 1 aromatic heterocycles. The van der Waals surface area contributed by atoms with Gasteiger partial charge in [-0.15, -0.1) is 0 Å². The Morgan fingerprint density at radius 2 is 2.36 bits per heavy atom. The first-order valence-electron chi connectivity index (χ1n) is 4.81. The summed E-state index contributed by atoms with van der Waals surface area (Å²) in [7, 11) is 0. The predicted molar refractivity (Wildman–Crippen MR) is 53.6 cm³/mol. The summed E-state index contributed by atoms with van der Waals surface area (Å²) >= 11 is 5.85.